The van der Waals surface area contributed by atoms with Crippen molar-refractivity contribution in [1.29, 1.82) is 0 Å². The normalized spacial score (nSPS) is 16.9. The van der Waals surface area contributed by atoms with Gasteiger partial charge in [-0.1, -0.05) is 54.6 Å². The Morgan fingerprint density at radius 2 is 1.62 bits per heavy atom. The number of aliphatic hydroxyl groups is 2. The fourth-order valence-electron chi connectivity index (χ4n) is 3.79. The molecule has 1 heterocycles. The Morgan fingerprint density at radius 1 is 1.03 bits per heavy atom. The number of aliphatic hydroxyl groups excluding tert-OH is 2. The molecule has 0 unspecified atom stereocenters. The number of hydrogen-bond acceptors (Lipinski definition) is 4. The second-order valence-electron chi connectivity index (χ2n) is 7.54. The van der Waals surface area contributed by atoms with E-state index >= 15 is 0 Å². The number of ketones is 1. The van der Waals surface area contributed by atoms with Gasteiger partial charge in [0.05, 0.1) is 6.10 Å². The van der Waals surface area contributed by atoms with E-state index in [-0.39, 0.29) is 6.03 Å². The van der Waals surface area contributed by atoms with Crippen LogP contribution in [0.25, 0.3) is 11.1 Å². The van der Waals surface area contributed by atoms with Gasteiger partial charge in [0.2, 0.25) is 0 Å². The van der Waals surface area contributed by atoms with Crippen LogP contribution in [0.1, 0.15) is 31.2 Å². The van der Waals surface area contributed by atoms with Gasteiger partial charge in [-0.15, -0.1) is 0 Å². The number of amides is 2. The van der Waals surface area contributed by atoms with E-state index in [2.05, 4.69) is 41.7 Å². The molecular formula is C23H28N2O4. The second-order valence-corrected chi connectivity index (χ2v) is 7.54. The molecule has 3 N–H and O–H groups in total. The second kappa shape index (κ2) is 9.67. The summed E-state index contributed by atoms with van der Waals surface area (Å²) < 4.78 is 0. The number of benzene rings is 2. The molecule has 2 amide bonds. The summed E-state index contributed by atoms with van der Waals surface area (Å²) in [6, 6.07) is 17.4. The molecule has 3 rings (SSSR count). The summed E-state index contributed by atoms with van der Waals surface area (Å²) in [5.74, 6) is -0.211. The minimum Gasteiger partial charge on any atom is -0.391 e. The molecule has 1 fully saturated rings. The number of hydrogen-bond donors (Lipinski definition) is 3. The largest absolute Gasteiger partial charge is 0.391 e. The maximum Gasteiger partial charge on any atom is 0.318 e. The molecule has 1 aliphatic rings. The fraction of sp³-hybridized carbons (Fsp3) is 0.391. The highest BCUT2D eigenvalue weighted by Crippen LogP contribution is 2.30. The molecule has 0 aromatic heterocycles. The first-order valence-electron chi connectivity index (χ1n) is 10.0. The van der Waals surface area contributed by atoms with E-state index in [4.69, 9.17) is 5.11 Å². The monoisotopic (exact) mass is 396 g/mol. The van der Waals surface area contributed by atoms with Crippen molar-refractivity contribution < 1.29 is 19.8 Å². The van der Waals surface area contributed by atoms with Gasteiger partial charge in [-0.05, 0) is 42.4 Å². The Morgan fingerprint density at radius 3 is 2.17 bits per heavy atom. The van der Waals surface area contributed by atoms with Crippen LogP contribution in [0.5, 0.6) is 0 Å². The van der Waals surface area contributed by atoms with Gasteiger partial charge in [0.15, 0.2) is 5.78 Å². The lowest BCUT2D eigenvalue weighted by molar-refractivity contribution is -0.125. The van der Waals surface area contributed by atoms with Crippen LogP contribution < -0.4 is 5.32 Å². The van der Waals surface area contributed by atoms with Crippen LogP contribution >= 0.6 is 0 Å². The predicted octanol–water partition coefficient (Wildman–Crippen LogP) is 2.55. The quantitative estimate of drug-likeness (QED) is 0.700. The van der Waals surface area contributed by atoms with Crippen molar-refractivity contribution in [2.45, 2.75) is 37.8 Å². The first kappa shape index (κ1) is 21.0. The van der Waals surface area contributed by atoms with E-state index in [9.17, 15) is 14.7 Å². The number of carbonyl (C=O) groups is 2. The Bertz CT molecular complexity index is 813. The lowest BCUT2D eigenvalue weighted by atomic mass is 9.88. The van der Waals surface area contributed by atoms with Gasteiger partial charge >= 0.3 is 6.03 Å². The molecule has 0 saturated carbocycles. The summed E-state index contributed by atoms with van der Waals surface area (Å²) >= 11 is 0. The first-order valence-corrected chi connectivity index (χ1v) is 10.0. The summed E-state index contributed by atoms with van der Waals surface area (Å²) in [5.41, 5.74) is 3.64. The molecule has 0 radical (unpaired) electrons. The van der Waals surface area contributed by atoms with Crippen LogP contribution in [-0.4, -0.2) is 58.8 Å². The van der Waals surface area contributed by atoms with Gasteiger partial charge < -0.3 is 20.4 Å². The van der Waals surface area contributed by atoms with Crippen molar-refractivity contribution in [1.82, 2.24) is 10.2 Å². The van der Waals surface area contributed by atoms with E-state index in [1.165, 1.54) is 23.6 Å². The molecule has 1 aliphatic heterocycles. The van der Waals surface area contributed by atoms with Crippen molar-refractivity contribution in [2.75, 3.05) is 19.7 Å². The van der Waals surface area contributed by atoms with Gasteiger partial charge in [0.25, 0.3) is 0 Å². The van der Waals surface area contributed by atoms with Gasteiger partial charge in [0.1, 0.15) is 12.6 Å². The molecule has 29 heavy (non-hydrogen) atoms. The van der Waals surface area contributed by atoms with Crippen LogP contribution in [-0.2, 0) is 4.79 Å². The van der Waals surface area contributed by atoms with Gasteiger partial charge in [-0.3, -0.25) is 4.79 Å². The average Bonchev–Trinajstić information content (AvgIpc) is 2.77. The number of nitrogens with zero attached hydrogens (tertiary/aromatic N) is 1. The van der Waals surface area contributed by atoms with E-state index < -0.39 is 24.5 Å². The summed E-state index contributed by atoms with van der Waals surface area (Å²) in [7, 11) is 0. The lowest BCUT2D eigenvalue weighted by Crippen LogP contribution is -2.54. The molecule has 6 heteroatoms. The number of Topliss-reactive ketones (excluding diaryl/α,β-unsaturated/α-hetero) is 1. The molecule has 0 aliphatic carbocycles. The molecule has 0 spiro atoms. The van der Waals surface area contributed by atoms with Crippen molar-refractivity contribution in [3.05, 3.63) is 60.2 Å². The van der Waals surface area contributed by atoms with Gasteiger partial charge in [-0.2, -0.15) is 0 Å². The smallest absolute Gasteiger partial charge is 0.318 e. The Labute approximate surface area is 171 Å². The predicted molar refractivity (Wildman–Crippen MR) is 112 cm³/mol. The number of rotatable bonds is 6. The average molecular weight is 396 g/mol. The fourth-order valence-corrected chi connectivity index (χ4v) is 3.79. The zero-order valence-corrected chi connectivity index (χ0v) is 16.6. The number of piperidine rings is 1. The number of nitrogens with one attached hydrogen (secondary N) is 1. The Kier molecular flexibility index (Phi) is 7.01. The minimum absolute atomic E-state index is 0.379. The standard InChI is InChI=1S/C23H28N2O4/c1-16(27)22(21(28)15-26)24-23(29)25-13-11-20(12-14-25)19-9-7-18(8-10-19)17-5-3-2-4-6-17/h2-10,16,20,22,26-27H,11-15H2,1H3,(H,24,29)/t16-,22+/m0/s1. The molecule has 2 aromatic rings. The third-order valence-electron chi connectivity index (χ3n) is 5.54. The van der Waals surface area contributed by atoms with Crippen molar-refractivity contribution >= 4 is 11.8 Å². The SMILES string of the molecule is C[C@H](O)[C@@H](NC(=O)N1CCC(c2ccc(-c3ccccc3)cc2)CC1)C(=O)CO. The van der Waals surface area contributed by atoms with Crippen molar-refractivity contribution in [3.63, 3.8) is 0 Å². The van der Waals surface area contributed by atoms with E-state index in [1.54, 1.807) is 4.90 Å². The Hall–Kier alpha value is -2.70. The highest BCUT2D eigenvalue weighted by molar-refractivity contribution is 5.89. The third kappa shape index (κ3) is 5.22. The van der Waals surface area contributed by atoms with Crippen LogP contribution in [0.4, 0.5) is 4.79 Å². The van der Waals surface area contributed by atoms with Gasteiger partial charge in [-0.25, -0.2) is 4.79 Å². The van der Waals surface area contributed by atoms with Crippen molar-refractivity contribution in [3.8, 4) is 11.1 Å². The van der Waals surface area contributed by atoms with E-state index in [0.29, 0.717) is 19.0 Å². The number of urea groups is 1. The summed E-state index contributed by atoms with van der Waals surface area (Å²) in [5, 5.41) is 21.2. The summed E-state index contributed by atoms with van der Waals surface area (Å²) in [6.45, 7) is 1.87. The molecular weight excluding hydrogens is 368 g/mol. The van der Waals surface area contributed by atoms with Crippen LogP contribution in [0, 0.1) is 0 Å². The third-order valence-corrected chi connectivity index (χ3v) is 5.54. The van der Waals surface area contributed by atoms with Crippen LogP contribution in [0.15, 0.2) is 54.6 Å². The van der Waals surface area contributed by atoms with E-state index in [0.717, 1.165) is 12.8 Å². The van der Waals surface area contributed by atoms with Crippen molar-refractivity contribution in [2.24, 2.45) is 0 Å². The maximum atomic E-state index is 12.4. The van der Waals surface area contributed by atoms with Gasteiger partial charge in [0, 0.05) is 13.1 Å². The molecule has 0 bridgehead atoms. The molecule has 1 saturated heterocycles. The van der Waals surface area contributed by atoms with Crippen LogP contribution in [0.2, 0.25) is 0 Å². The first-order chi connectivity index (χ1) is 14.0. The number of carbonyl (C=O) groups excluding carboxylic acids is 2. The highest BCUT2D eigenvalue weighted by atomic mass is 16.3. The van der Waals surface area contributed by atoms with Crippen LogP contribution in [0.3, 0.4) is 0 Å². The highest BCUT2D eigenvalue weighted by Gasteiger charge is 2.29. The lowest BCUT2D eigenvalue weighted by Gasteiger charge is -2.33. The zero-order chi connectivity index (χ0) is 20.8. The number of likely N-dealkylation sites (tertiary alicyclic amines) is 1. The minimum atomic E-state index is -1.09. The summed E-state index contributed by atoms with van der Waals surface area (Å²) in [4.78, 5) is 25.8. The Balaban J connectivity index is 1.56. The molecule has 2 atom stereocenters. The molecule has 2 aromatic carbocycles. The zero-order valence-electron chi connectivity index (χ0n) is 16.6. The summed E-state index contributed by atoms with van der Waals surface area (Å²) in [6.07, 6.45) is 0.621. The molecule has 6 nitrogen and oxygen atoms in total. The topological polar surface area (TPSA) is 89.9 Å². The molecule has 154 valence electrons. The van der Waals surface area contributed by atoms with E-state index in [1.807, 2.05) is 18.2 Å². The maximum absolute atomic E-state index is 12.4.